The number of quaternary nitrogens is 1. The van der Waals surface area contributed by atoms with Crippen molar-refractivity contribution in [1.82, 2.24) is 0 Å². The molecule has 2 atom stereocenters. The Bertz CT molecular complexity index is 1000. The number of carbonyl (C=O) groups excluding carboxylic acids is 2. The number of ether oxygens (including phenoxy) is 2. The van der Waals surface area contributed by atoms with Crippen LogP contribution in [0.2, 0.25) is 0 Å². The third kappa shape index (κ3) is 44.3. The lowest BCUT2D eigenvalue weighted by molar-refractivity contribution is -0.870. The van der Waals surface area contributed by atoms with E-state index < -0.39 is 26.5 Å². The highest BCUT2D eigenvalue weighted by atomic mass is 31.2. The van der Waals surface area contributed by atoms with Crippen LogP contribution in [-0.4, -0.2) is 70.0 Å². The summed E-state index contributed by atoms with van der Waals surface area (Å²) in [6, 6.07) is 0. The summed E-state index contributed by atoms with van der Waals surface area (Å²) in [4.78, 5) is 37.6. The Morgan fingerprint density at radius 2 is 0.879 bits per heavy atom. The molecule has 10 heteroatoms. The van der Waals surface area contributed by atoms with Gasteiger partial charge in [-0.3, -0.25) is 14.2 Å². The number of allylic oxidation sites excluding steroid dienone is 2. The largest absolute Gasteiger partial charge is 0.756 e. The Kier molecular flexibility index (Phi) is 40.2. The highest BCUT2D eigenvalue weighted by Crippen LogP contribution is 2.38. The van der Waals surface area contributed by atoms with E-state index in [0.717, 1.165) is 51.4 Å². The molecule has 9 nitrogen and oxygen atoms in total. The van der Waals surface area contributed by atoms with Crippen molar-refractivity contribution >= 4 is 19.8 Å². The van der Waals surface area contributed by atoms with Crippen molar-refractivity contribution in [3.8, 4) is 0 Å². The molecule has 0 aliphatic heterocycles. The fourth-order valence-electron chi connectivity index (χ4n) is 6.95. The number of carbonyl (C=O) groups is 2. The molecule has 0 heterocycles. The maximum atomic E-state index is 12.7. The van der Waals surface area contributed by atoms with Crippen LogP contribution in [0.3, 0.4) is 0 Å². The van der Waals surface area contributed by atoms with Gasteiger partial charge in [-0.2, -0.15) is 0 Å². The van der Waals surface area contributed by atoms with Crippen LogP contribution in [0.4, 0.5) is 0 Å². The second-order valence-corrected chi connectivity index (χ2v) is 19.2. The summed E-state index contributed by atoms with van der Waals surface area (Å²) in [7, 11) is 1.17. The third-order valence-electron chi connectivity index (χ3n) is 10.8. The van der Waals surface area contributed by atoms with Gasteiger partial charge < -0.3 is 27.9 Å². The van der Waals surface area contributed by atoms with Gasteiger partial charge in [-0.15, -0.1) is 0 Å². The van der Waals surface area contributed by atoms with Crippen LogP contribution < -0.4 is 4.89 Å². The summed E-state index contributed by atoms with van der Waals surface area (Å²) in [6.07, 6.45) is 43.8. The highest BCUT2D eigenvalue weighted by molar-refractivity contribution is 7.45. The first kappa shape index (κ1) is 56.8. The molecular weight excluding hydrogens is 750 g/mol. The fraction of sp³-hybridized carbons (Fsp3) is 0.917. The third-order valence-corrected chi connectivity index (χ3v) is 11.7. The molecule has 0 N–H and O–H groups in total. The Hall–Kier alpha value is -1.25. The molecule has 0 aromatic rings. The maximum Gasteiger partial charge on any atom is 0.306 e. The summed E-state index contributed by atoms with van der Waals surface area (Å²) in [5.41, 5.74) is 0. The molecule has 0 saturated carbocycles. The number of phosphoric acid groups is 1. The molecular formula is C48H94NO8P. The Labute approximate surface area is 358 Å². The average Bonchev–Trinajstić information content (AvgIpc) is 3.17. The Morgan fingerprint density at radius 1 is 0.517 bits per heavy atom. The standard InChI is InChI=1S/C48H94NO8P/c1-6-8-10-12-14-16-18-20-22-23-24-25-26-27-29-30-32-34-36-38-40-47(50)54-44-46(45-56-58(52,53)55-43-42-49(3,4)5)57-48(51)41-39-37-35-33-31-28-21-19-17-15-13-11-9-7-2/h19,21,46H,6-18,20,22-45H2,1-5H3/b21-19-. The Balaban J connectivity index is 4.23. The number of unbranched alkanes of at least 4 members (excludes halogenated alkanes) is 29. The molecule has 0 amide bonds. The van der Waals surface area contributed by atoms with Crippen molar-refractivity contribution in [2.24, 2.45) is 0 Å². The van der Waals surface area contributed by atoms with Crippen molar-refractivity contribution in [2.75, 3.05) is 47.5 Å². The summed E-state index contributed by atoms with van der Waals surface area (Å²) < 4.78 is 34.0. The summed E-state index contributed by atoms with van der Waals surface area (Å²) in [6.45, 7) is 4.25. The topological polar surface area (TPSA) is 111 Å². The lowest BCUT2D eigenvalue weighted by atomic mass is 10.0. The van der Waals surface area contributed by atoms with Crippen LogP contribution in [0.25, 0.3) is 0 Å². The molecule has 0 aliphatic rings. The number of hydrogen-bond donors (Lipinski definition) is 0. The van der Waals surface area contributed by atoms with Gasteiger partial charge in [0, 0.05) is 12.8 Å². The number of likely N-dealkylation sites (N-methyl/N-ethyl adjacent to an activating group) is 1. The Morgan fingerprint density at radius 3 is 1.28 bits per heavy atom. The minimum Gasteiger partial charge on any atom is -0.756 e. The van der Waals surface area contributed by atoms with Gasteiger partial charge in [0.1, 0.15) is 19.8 Å². The van der Waals surface area contributed by atoms with Crippen molar-refractivity contribution < 1.29 is 42.1 Å². The quantitative estimate of drug-likeness (QED) is 0.0196. The predicted molar refractivity (Wildman–Crippen MR) is 241 cm³/mol. The van der Waals surface area contributed by atoms with Gasteiger partial charge in [-0.1, -0.05) is 193 Å². The van der Waals surface area contributed by atoms with Crippen molar-refractivity contribution in [3.63, 3.8) is 0 Å². The van der Waals surface area contributed by atoms with E-state index in [9.17, 15) is 19.0 Å². The molecule has 0 aromatic heterocycles. The molecule has 0 saturated heterocycles. The van der Waals surface area contributed by atoms with E-state index in [2.05, 4.69) is 26.0 Å². The molecule has 0 aromatic carbocycles. The van der Waals surface area contributed by atoms with Crippen molar-refractivity contribution in [1.29, 1.82) is 0 Å². The van der Waals surface area contributed by atoms with E-state index >= 15 is 0 Å². The second kappa shape index (κ2) is 41.1. The highest BCUT2D eigenvalue weighted by Gasteiger charge is 2.21. The first-order valence-corrected chi connectivity index (χ1v) is 25.9. The monoisotopic (exact) mass is 844 g/mol. The molecule has 0 spiro atoms. The smallest absolute Gasteiger partial charge is 0.306 e. The molecule has 0 aliphatic carbocycles. The van der Waals surface area contributed by atoms with E-state index in [1.807, 2.05) is 21.1 Å². The molecule has 2 unspecified atom stereocenters. The molecule has 344 valence electrons. The lowest BCUT2D eigenvalue weighted by Crippen LogP contribution is -2.37. The van der Waals surface area contributed by atoms with Crippen LogP contribution in [0, 0.1) is 0 Å². The lowest BCUT2D eigenvalue weighted by Gasteiger charge is -2.28. The van der Waals surface area contributed by atoms with E-state index in [1.165, 1.54) is 148 Å². The van der Waals surface area contributed by atoms with Gasteiger partial charge in [-0.05, 0) is 38.5 Å². The summed E-state index contributed by atoms with van der Waals surface area (Å²) in [5.74, 6) is -0.831. The average molecular weight is 844 g/mol. The summed E-state index contributed by atoms with van der Waals surface area (Å²) in [5, 5.41) is 0. The van der Waals surface area contributed by atoms with Crippen molar-refractivity contribution in [2.45, 2.75) is 238 Å². The second-order valence-electron chi connectivity index (χ2n) is 17.8. The fourth-order valence-corrected chi connectivity index (χ4v) is 7.67. The van der Waals surface area contributed by atoms with Gasteiger partial charge in [0.05, 0.1) is 27.7 Å². The summed E-state index contributed by atoms with van der Waals surface area (Å²) >= 11 is 0. The van der Waals surface area contributed by atoms with E-state index in [0.29, 0.717) is 17.4 Å². The molecule has 0 radical (unpaired) electrons. The number of hydrogen-bond acceptors (Lipinski definition) is 8. The zero-order chi connectivity index (χ0) is 42.8. The van der Waals surface area contributed by atoms with Gasteiger partial charge in [0.25, 0.3) is 7.82 Å². The number of rotatable bonds is 45. The van der Waals surface area contributed by atoms with Crippen LogP contribution in [0.15, 0.2) is 12.2 Å². The molecule has 58 heavy (non-hydrogen) atoms. The SMILES string of the molecule is CCCCCCC/C=C\CCCCCCCC(=O)OC(COC(=O)CCCCCCCCCCCCCCCCCCCCCC)COP(=O)([O-])OCC[N+](C)(C)C. The van der Waals surface area contributed by atoms with Gasteiger partial charge in [0.15, 0.2) is 6.10 Å². The zero-order valence-electron chi connectivity index (χ0n) is 38.8. The van der Waals surface area contributed by atoms with Gasteiger partial charge in [0.2, 0.25) is 0 Å². The molecule has 0 fully saturated rings. The first-order valence-electron chi connectivity index (χ1n) is 24.4. The van der Waals surface area contributed by atoms with Crippen LogP contribution >= 0.6 is 7.82 Å². The van der Waals surface area contributed by atoms with Crippen LogP contribution in [0.5, 0.6) is 0 Å². The van der Waals surface area contributed by atoms with E-state index in [1.54, 1.807) is 0 Å². The minimum atomic E-state index is -4.62. The minimum absolute atomic E-state index is 0.0292. The molecule has 0 bridgehead atoms. The molecule has 0 rings (SSSR count). The first-order chi connectivity index (χ1) is 28.0. The van der Waals surface area contributed by atoms with Crippen molar-refractivity contribution in [3.05, 3.63) is 12.2 Å². The number of phosphoric ester groups is 1. The normalized spacial score (nSPS) is 13.6. The number of esters is 2. The van der Waals surface area contributed by atoms with E-state index in [4.69, 9.17) is 18.5 Å². The van der Waals surface area contributed by atoms with Gasteiger partial charge in [-0.25, -0.2) is 0 Å². The van der Waals surface area contributed by atoms with Crippen LogP contribution in [-0.2, 0) is 32.7 Å². The van der Waals surface area contributed by atoms with E-state index in [-0.39, 0.29) is 32.0 Å². The zero-order valence-corrected chi connectivity index (χ0v) is 39.7. The number of nitrogens with zero attached hydrogens (tertiary/aromatic N) is 1. The maximum absolute atomic E-state index is 12.7. The van der Waals surface area contributed by atoms with Gasteiger partial charge >= 0.3 is 11.9 Å². The van der Waals surface area contributed by atoms with Crippen LogP contribution in [0.1, 0.15) is 232 Å². The predicted octanol–water partition coefficient (Wildman–Crippen LogP) is 13.5.